The smallest absolute Gasteiger partial charge is 0.253 e. The van der Waals surface area contributed by atoms with Crippen LogP contribution in [0.2, 0.25) is 0 Å². The van der Waals surface area contributed by atoms with Crippen LogP contribution in [0.1, 0.15) is 0 Å². The fourth-order valence-corrected chi connectivity index (χ4v) is 1.89. The van der Waals surface area contributed by atoms with Crippen molar-refractivity contribution in [2.45, 2.75) is 0 Å². The van der Waals surface area contributed by atoms with E-state index in [4.69, 9.17) is 4.74 Å². The second kappa shape index (κ2) is 5.66. The Morgan fingerprint density at radius 3 is 2.25 bits per heavy atom. The zero-order valence-electron chi connectivity index (χ0n) is 9.98. The summed E-state index contributed by atoms with van der Waals surface area (Å²) in [6.07, 6.45) is 0. The lowest BCUT2D eigenvalue weighted by Crippen LogP contribution is -2.06. The molecule has 106 valence electrons. The van der Waals surface area contributed by atoms with Gasteiger partial charge in [0.25, 0.3) is 11.9 Å². The molecule has 0 aliphatic carbocycles. The van der Waals surface area contributed by atoms with Crippen LogP contribution < -0.4 is 10.1 Å². The topological polar surface area (TPSA) is 34.1 Å². The Bertz CT molecular complexity index is 640. The summed E-state index contributed by atoms with van der Waals surface area (Å²) in [6, 6.07) is 4.39. The Morgan fingerprint density at radius 2 is 1.70 bits per heavy atom. The Kier molecular flexibility index (Phi) is 4.12. The van der Waals surface area contributed by atoms with Gasteiger partial charge < -0.3 is 10.1 Å². The van der Waals surface area contributed by atoms with Gasteiger partial charge in [0, 0.05) is 11.8 Å². The number of hydrogen-bond acceptors (Lipinski definition) is 3. The van der Waals surface area contributed by atoms with Crippen molar-refractivity contribution in [1.29, 1.82) is 0 Å². The largest absolute Gasteiger partial charge is 0.495 e. The van der Waals surface area contributed by atoms with Crippen molar-refractivity contribution in [3.05, 3.63) is 46.2 Å². The van der Waals surface area contributed by atoms with Gasteiger partial charge in [-0.25, -0.2) is 0 Å². The summed E-state index contributed by atoms with van der Waals surface area (Å²) in [5.41, 5.74) is -0.771. The first-order chi connectivity index (χ1) is 9.43. The molecule has 0 unspecified atom stereocenters. The van der Waals surface area contributed by atoms with Crippen molar-refractivity contribution in [3.63, 3.8) is 0 Å². The monoisotopic (exact) mass is 350 g/mol. The van der Waals surface area contributed by atoms with Crippen molar-refractivity contribution in [2.24, 2.45) is 0 Å². The van der Waals surface area contributed by atoms with Crippen molar-refractivity contribution in [3.8, 4) is 5.75 Å². The lowest BCUT2D eigenvalue weighted by atomic mass is 10.2. The number of ether oxygens (including phenoxy) is 1. The maximum Gasteiger partial charge on any atom is 0.253 e. The third kappa shape index (κ3) is 2.69. The summed E-state index contributed by atoms with van der Waals surface area (Å²) in [5.74, 6) is -6.28. The number of nitrogens with one attached hydrogen (secondary N) is 1. The standard InChI is InChI=1S/C12H7BrF4N2O/c1-20-7-4-5(2-3-6(7)13)18-10-8(14)11(16)19-12(17)9(10)15/h2-4H,1H3,(H,18,19). The molecule has 0 atom stereocenters. The molecule has 2 aromatic rings. The summed E-state index contributed by atoms with van der Waals surface area (Å²) >= 11 is 3.20. The average Bonchev–Trinajstić information content (AvgIpc) is 2.43. The molecule has 1 heterocycles. The first kappa shape index (κ1) is 14.6. The Morgan fingerprint density at radius 1 is 1.10 bits per heavy atom. The van der Waals surface area contributed by atoms with Gasteiger partial charge in [0.15, 0.2) is 0 Å². The van der Waals surface area contributed by atoms with E-state index in [-0.39, 0.29) is 5.69 Å². The molecule has 3 nitrogen and oxygen atoms in total. The van der Waals surface area contributed by atoms with E-state index in [2.05, 4.69) is 26.2 Å². The highest BCUT2D eigenvalue weighted by Crippen LogP contribution is 2.31. The molecule has 0 bridgehead atoms. The van der Waals surface area contributed by atoms with Crippen LogP contribution in [0.3, 0.4) is 0 Å². The van der Waals surface area contributed by atoms with E-state index < -0.39 is 29.2 Å². The zero-order chi connectivity index (χ0) is 14.9. The van der Waals surface area contributed by atoms with Crippen molar-refractivity contribution < 1.29 is 22.3 Å². The molecule has 0 aliphatic rings. The van der Waals surface area contributed by atoms with Gasteiger partial charge in [0.05, 0.1) is 11.6 Å². The summed E-state index contributed by atoms with van der Waals surface area (Å²) in [4.78, 5) is 2.47. The van der Waals surface area contributed by atoms with Crippen LogP contribution in [-0.4, -0.2) is 12.1 Å². The third-order valence-corrected chi connectivity index (χ3v) is 3.07. The zero-order valence-corrected chi connectivity index (χ0v) is 11.6. The molecule has 0 amide bonds. The van der Waals surface area contributed by atoms with Gasteiger partial charge >= 0.3 is 0 Å². The van der Waals surface area contributed by atoms with Gasteiger partial charge in [0.1, 0.15) is 11.4 Å². The molecular formula is C12H7BrF4N2O. The van der Waals surface area contributed by atoms with Crippen LogP contribution in [0.25, 0.3) is 0 Å². The minimum Gasteiger partial charge on any atom is -0.495 e. The lowest BCUT2D eigenvalue weighted by molar-refractivity contribution is 0.410. The fourth-order valence-electron chi connectivity index (χ4n) is 1.48. The van der Waals surface area contributed by atoms with Gasteiger partial charge in [0.2, 0.25) is 11.6 Å². The molecule has 0 saturated heterocycles. The highest BCUT2D eigenvalue weighted by Gasteiger charge is 2.21. The number of pyridine rings is 1. The van der Waals surface area contributed by atoms with Crippen molar-refractivity contribution >= 4 is 27.3 Å². The minimum atomic E-state index is -1.73. The van der Waals surface area contributed by atoms with E-state index in [0.29, 0.717) is 10.2 Å². The van der Waals surface area contributed by atoms with Crippen LogP contribution in [-0.2, 0) is 0 Å². The quantitative estimate of drug-likeness (QED) is 0.666. The maximum absolute atomic E-state index is 13.4. The normalized spacial score (nSPS) is 10.5. The van der Waals surface area contributed by atoms with E-state index in [0.717, 1.165) is 0 Å². The Labute approximate surface area is 119 Å². The maximum atomic E-state index is 13.4. The third-order valence-electron chi connectivity index (χ3n) is 2.42. The molecule has 0 spiro atoms. The average molecular weight is 351 g/mol. The molecule has 8 heteroatoms. The molecule has 1 aromatic heterocycles. The first-order valence-corrected chi connectivity index (χ1v) is 6.04. The number of halogens is 5. The van der Waals surface area contributed by atoms with Crippen molar-refractivity contribution in [1.82, 2.24) is 4.98 Å². The molecule has 2 rings (SSSR count). The molecule has 0 aliphatic heterocycles. The molecule has 20 heavy (non-hydrogen) atoms. The first-order valence-electron chi connectivity index (χ1n) is 5.24. The van der Waals surface area contributed by atoms with Crippen LogP contribution >= 0.6 is 15.9 Å². The van der Waals surface area contributed by atoms with Gasteiger partial charge in [-0.05, 0) is 28.1 Å². The van der Waals surface area contributed by atoms with E-state index in [9.17, 15) is 17.6 Å². The van der Waals surface area contributed by atoms with Gasteiger partial charge in [-0.3, -0.25) is 0 Å². The lowest BCUT2D eigenvalue weighted by Gasteiger charge is -2.11. The van der Waals surface area contributed by atoms with Crippen molar-refractivity contribution in [2.75, 3.05) is 12.4 Å². The highest BCUT2D eigenvalue weighted by atomic mass is 79.9. The summed E-state index contributed by atoms with van der Waals surface area (Å²) in [5, 5.41) is 2.25. The van der Waals surface area contributed by atoms with Gasteiger partial charge in [-0.15, -0.1) is 0 Å². The van der Waals surface area contributed by atoms with Crippen LogP contribution in [0.4, 0.5) is 28.9 Å². The van der Waals surface area contributed by atoms with Crippen LogP contribution in [0, 0.1) is 23.5 Å². The molecule has 1 aromatic carbocycles. The summed E-state index contributed by atoms with van der Waals surface area (Å²) < 4.78 is 58.4. The SMILES string of the molecule is COc1cc(Nc2c(F)c(F)nc(F)c2F)ccc1Br. The summed E-state index contributed by atoms with van der Waals surface area (Å²) in [6.45, 7) is 0. The molecule has 0 saturated carbocycles. The van der Waals surface area contributed by atoms with E-state index in [1.807, 2.05) is 0 Å². The van der Waals surface area contributed by atoms with E-state index in [1.54, 1.807) is 6.07 Å². The number of rotatable bonds is 3. The summed E-state index contributed by atoms with van der Waals surface area (Å²) in [7, 11) is 1.40. The number of benzene rings is 1. The molecule has 0 radical (unpaired) electrons. The van der Waals surface area contributed by atoms with Gasteiger partial charge in [-0.2, -0.15) is 22.5 Å². The second-order valence-corrected chi connectivity index (χ2v) is 4.53. The molecular weight excluding hydrogens is 344 g/mol. The number of aromatic nitrogens is 1. The number of methoxy groups -OCH3 is 1. The Balaban J connectivity index is 2.45. The van der Waals surface area contributed by atoms with E-state index >= 15 is 0 Å². The van der Waals surface area contributed by atoms with Crippen LogP contribution in [0.15, 0.2) is 22.7 Å². The molecule has 1 N–H and O–H groups in total. The molecule has 0 fully saturated rings. The highest BCUT2D eigenvalue weighted by molar-refractivity contribution is 9.10. The van der Waals surface area contributed by atoms with Gasteiger partial charge in [-0.1, -0.05) is 0 Å². The predicted molar refractivity (Wildman–Crippen MR) is 68.0 cm³/mol. The Hall–Kier alpha value is -1.83. The predicted octanol–water partition coefficient (Wildman–Crippen LogP) is 4.15. The number of anilines is 2. The van der Waals surface area contributed by atoms with E-state index in [1.165, 1.54) is 19.2 Å². The number of nitrogens with zero attached hydrogens (tertiary/aromatic N) is 1. The number of hydrogen-bond donors (Lipinski definition) is 1. The minimum absolute atomic E-state index is 0.188. The van der Waals surface area contributed by atoms with Crippen LogP contribution in [0.5, 0.6) is 5.75 Å². The second-order valence-electron chi connectivity index (χ2n) is 3.67. The fraction of sp³-hybridized carbons (Fsp3) is 0.0833.